The van der Waals surface area contributed by atoms with Crippen molar-refractivity contribution in [1.82, 2.24) is 20.5 Å². The molecule has 38 heavy (non-hydrogen) atoms. The summed E-state index contributed by atoms with van der Waals surface area (Å²) in [4.78, 5) is 55.7. The molecule has 1 aromatic heterocycles. The number of halogens is 3. The molecule has 202 valence electrons. The summed E-state index contributed by atoms with van der Waals surface area (Å²) in [5, 5.41) is 15.3. The van der Waals surface area contributed by atoms with Gasteiger partial charge in [0.05, 0.1) is 15.6 Å². The molecule has 0 bridgehead atoms. The first kappa shape index (κ1) is 29.9. The van der Waals surface area contributed by atoms with E-state index in [0.717, 1.165) is 4.90 Å². The zero-order valence-corrected chi connectivity index (χ0v) is 24.2. The van der Waals surface area contributed by atoms with Crippen molar-refractivity contribution in [2.75, 3.05) is 25.9 Å². The molecule has 13 heteroatoms. The lowest BCUT2D eigenvalue weighted by molar-refractivity contribution is -0.142. The molecule has 1 fully saturated rings. The van der Waals surface area contributed by atoms with Gasteiger partial charge in [-0.25, -0.2) is 4.79 Å². The second-order valence-electron chi connectivity index (χ2n) is 8.42. The summed E-state index contributed by atoms with van der Waals surface area (Å²) in [5.41, 5.74) is 0.878. The van der Waals surface area contributed by atoms with Crippen LogP contribution in [0.15, 0.2) is 46.0 Å². The Morgan fingerprint density at radius 3 is 2.55 bits per heavy atom. The summed E-state index contributed by atoms with van der Waals surface area (Å²) in [6.07, 6.45) is 8.54. The Morgan fingerprint density at radius 1 is 1.21 bits per heavy atom. The van der Waals surface area contributed by atoms with E-state index in [0.29, 0.717) is 46.0 Å². The number of hydrogen-bond donors (Lipinski definition) is 3. The van der Waals surface area contributed by atoms with Crippen LogP contribution in [0.1, 0.15) is 28.8 Å². The quantitative estimate of drug-likeness (QED) is 0.277. The number of amides is 3. The normalized spacial score (nSPS) is 14.8. The highest BCUT2D eigenvalue weighted by molar-refractivity contribution is 9.10. The maximum absolute atomic E-state index is 12.7. The summed E-state index contributed by atoms with van der Waals surface area (Å²) in [6.45, 7) is 0.385. The van der Waals surface area contributed by atoms with E-state index in [1.807, 2.05) is 12.3 Å². The molecule has 1 aliphatic heterocycles. The second kappa shape index (κ2) is 14.0. The van der Waals surface area contributed by atoms with Crippen LogP contribution in [-0.2, 0) is 14.4 Å². The van der Waals surface area contributed by atoms with Gasteiger partial charge in [0.15, 0.2) is 0 Å². The standard InChI is InChI=1S/C25H25BrCl2N4O5S/c1-38-19-4-2-14(21(27)22(19)28)3-5-20(33)32-8-6-15(7-9-32)24(35)31-18(25(36)37)13-30-23(34)16-10-17(26)12-29-11-16/h2-5,10-12,15,18H,6-9,13H2,1H3,(H,30,34)(H,31,35)(H,36,37)/t18-/m0/s1. The summed E-state index contributed by atoms with van der Waals surface area (Å²) in [6, 6.07) is 3.87. The summed E-state index contributed by atoms with van der Waals surface area (Å²) in [7, 11) is 0. The van der Waals surface area contributed by atoms with E-state index in [2.05, 4.69) is 31.5 Å². The van der Waals surface area contributed by atoms with Gasteiger partial charge in [-0.15, -0.1) is 11.8 Å². The van der Waals surface area contributed by atoms with Crippen LogP contribution in [0.2, 0.25) is 10.0 Å². The smallest absolute Gasteiger partial charge is 0.328 e. The number of thioether (sulfide) groups is 1. The van der Waals surface area contributed by atoms with Gasteiger partial charge in [0, 0.05) is 53.4 Å². The second-order valence-corrected chi connectivity index (χ2v) is 10.9. The largest absolute Gasteiger partial charge is 0.480 e. The highest BCUT2D eigenvalue weighted by Gasteiger charge is 2.30. The fourth-order valence-corrected chi connectivity index (χ4v) is 5.32. The van der Waals surface area contributed by atoms with Crippen LogP contribution in [0.5, 0.6) is 0 Å². The third-order valence-corrected chi connectivity index (χ3v) is 8.15. The molecular weight excluding hydrogens is 619 g/mol. The van der Waals surface area contributed by atoms with Gasteiger partial charge in [-0.1, -0.05) is 29.3 Å². The van der Waals surface area contributed by atoms with Crippen LogP contribution in [-0.4, -0.2) is 70.6 Å². The first-order valence-corrected chi connectivity index (χ1v) is 14.3. The average Bonchev–Trinajstić information content (AvgIpc) is 2.91. The fraction of sp³-hybridized carbons (Fsp3) is 0.320. The molecule has 3 rings (SSSR count). The number of carbonyl (C=O) groups excluding carboxylic acids is 3. The number of carboxylic acids is 1. The predicted molar refractivity (Wildman–Crippen MR) is 150 cm³/mol. The highest BCUT2D eigenvalue weighted by Crippen LogP contribution is 2.35. The Bertz CT molecular complexity index is 1250. The number of aliphatic carboxylic acids is 1. The van der Waals surface area contributed by atoms with Crippen molar-refractivity contribution >= 4 is 80.7 Å². The molecule has 1 aromatic carbocycles. The number of piperidine rings is 1. The zero-order chi connectivity index (χ0) is 27.8. The predicted octanol–water partition coefficient (Wildman–Crippen LogP) is 4.12. The molecule has 0 unspecified atom stereocenters. The minimum Gasteiger partial charge on any atom is -0.480 e. The van der Waals surface area contributed by atoms with Gasteiger partial charge in [0.1, 0.15) is 6.04 Å². The van der Waals surface area contributed by atoms with Gasteiger partial charge in [-0.2, -0.15) is 0 Å². The summed E-state index contributed by atoms with van der Waals surface area (Å²) >= 11 is 17.3. The number of hydrogen-bond acceptors (Lipinski definition) is 6. The molecule has 0 aliphatic carbocycles. The number of nitrogens with one attached hydrogen (secondary N) is 2. The highest BCUT2D eigenvalue weighted by atomic mass is 79.9. The molecule has 0 radical (unpaired) electrons. The molecular formula is C25H25BrCl2N4O5S. The molecule has 1 aliphatic rings. The average molecular weight is 644 g/mol. The third kappa shape index (κ3) is 7.95. The van der Waals surface area contributed by atoms with Crippen molar-refractivity contribution in [3.05, 3.63) is 62.3 Å². The maximum Gasteiger partial charge on any atom is 0.328 e. The lowest BCUT2D eigenvalue weighted by atomic mass is 9.95. The van der Waals surface area contributed by atoms with Crippen molar-refractivity contribution < 1.29 is 24.3 Å². The van der Waals surface area contributed by atoms with Crippen LogP contribution < -0.4 is 10.6 Å². The van der Waals surface area contributed by atoms with Gasteiger partial charge in [-0.3, -0.25) is 19.4 Å². The monoisotopic (exact) mass is 642 g/mol. The van der Waals surface area contributed by atoms with Crippen LogP contribution >= 0.6 is 50.9 Å². The number of carboxylic acid groups (broad SMARTS) is 1. The van der Waals surface area contributed by atoms with Gasteiger partial charge < -0.3 is 20.6 Å². The van der Waals surface area contributed by atoms with E-state index in [-0.39, 0.29) is 18.0 Å². The number of pyridine rings is 1. The molecule has 3 N–H and O–H groups in total. The Balaban J connectivity index is 1.50. The Kier molecular flexibility index (Phi) is 11.0. The number of aromatic nitrogens is 1. The zero-order valence-electron chi connectivity index (χ0n) is 20.2. The molecule has 9 nitrogen and oxygen atoms in total. The summed E-state index contributed by atoms with van der Waals surface area (Å²) < 4.78 is 0.603. The molecule has 2 heterocycles. The van der Waals surface area contributed by atoms with Gasteiger partial charge in [0.2, 0.25) is 11.8 Å². The molecule has 0 saturated carbocycles. The Hall–Kier alpha value is -2.60. The van der Waals surface area contributed by atoms with Gasteiger partial charge >= 0.3 is 5.97 Å². The van der Waals surface area contributed by atoms with E-state index >= 15 is 0 Å². The van der Waals surface area contributed by atoms with Crippen molar-refractivity contribution in [2.24, 2.45) is 5.92 Å². The van der Waals surface area contributed by atoms with Gasteiger partial charge in [0.25, 0.3) is 5.91 Å². The van der Waals surface area contributed by atoms with Crippen molar-refractivity contribution in [3.8, 4) is 0 Å². The Labute approximate surface area is 242 Å². The van der Waals surface area contributed by atoms with Crippen LogP contribution in [0, 0.1) is 5.92 Å². The number of likely N-dealkylation sites (tertiary alicyclic amines) is 1. The van der Waals surface area contributed by atoms with Crippen LogP contribution in [0.4, 0.5) is 0 Å². The van der Waals surface area contributed by atoms with Crippen molar-refractivity contribution in [1.29, 1.82) is 0 Å². The maximum atomic E-state index is 12.7. The van der Waals surface area contributed by atoms with Crippen LogP contribution in [0.25, 0.3) is 6.08 Å². The minimum atomic E-state index is -1.30. The molecule has 1 atom stereocenters. The number of nitrogens with zero attached hydrogens (tertiary/aromatic N) is 2. The molecule has 0 spiro atoms. The fourth-order valence-electron chi connectivity index (χ4n) is 3.78. The first-order valence-electron chi connectivity index (χ1n) is 11.5. The summed E-state index contributed by atoms with van der Waals surface area (Å²) in [5.74, 6) is -2.90. The van der Waals surface area contributed by atoms with E-state index in [1.54, 1.807) is 23.1 Å². The molecule has 1 saturated heterocycles. The molecule has 2 aromatic rings. The topological polar surface area (TPSA) is 129 Å². The minimum absolute atomic E-state index is 0.224. The van der Waals surface area contributed by atoms with Crippen molar-refractivity contribution in [2.45, 2.75) is 23.8 Å². The number of benzene rings is 1. The van der Waals surface area contributed by atoms with Crippen LogP contribution in [0.3, 0.4) is 0 Å². The first-order chi connectivity index (χ1) is 18.1. The Morgan fingerprint density at radius 2 is 1.92 bits per heavy atom. The van der Waals surface area contributed by atoms with E-state index in [9.17, 15) is 24.3 Å². The van der Waals surface area contributed by atoms with E-state index < -0.39 is 29.7 Å². The van der Waals surface area contributed by atoms with E-state index in [1.165, 1.54) is 30.2 Å². The number of carbonyl (C=O) groups is 4. The third-order valence-electron chi connectivity index (χ3n) is 5.93. The van der Waals surface area contributed by atoms with Gasteiger partial charge in [-0.05, 0) is 58.8 Å². The lowest BCUT2D eigenvalue weighted by Gasteiger charge is -2.31. The lowest BCUT2D eigenvalue weighted by Crippen LogP contribution is -2.51. The van der Waals surface area contributed by atoms with E-state index in [4.69, 9.17) is 23.2 Å². The SMILES string of the molecule is CSc1ccc(C=CC(=O)N2CCC(C(=O)N[C@@H](CNC(=O)c3cncc(Br)c3)C(=O)O)CC2)c(Cl)c1Cl. The number of rotatable bonds is 9. The molecule has 3 amide bonds. The van der Waals surface area contributed by atoms with Crippen molar-refractivity contribution in [3.63, 3.8) is 0 Å².